The monoisotopic (exact) mass is 416 g/mol. The molecule has 28 heavy (non-hydrogen) atoms. The van der Waals surface area contributed by atoms with Gasteiger partial charge in [-0.1, -0.05) is 23.2 Å². The lowest BCUT2D eigenvalue weighted by Gasteiger charge is -2.45. The molecule has 1 aromatic carbocycles. The molecular weight excluding hydrogens is 391 g/mol. The van der Waals surface area contributed by atoms with Crippen molar-refractivity contribution in [2.24, 2.45) is 10.4 Å². The first kappa shape index (κ1) is 19.7. The van der Waals surface area contributed by atoms with E-state index in [2.05, 4.69) is 34.4 Å². The van der Waals surface area contributed by atoms with Gasteiger partial charge in [-0.25, -0.2) is 0 Å². The molecule has 148 valence electrons. The lowest BCUT2D eigenvalue weighted by atomic mass is 9.70. The number of aliphatic imine (C=N–C) groups is 1. The Morgan fingerprint density at radius 3 is 2.39 bits per heavy atom. The van der Waals surface area contributed by atoms with E-state index in [0.717, 1.165) is 55.3 Å². The lowest BCUT2D eigenvalue weighted by molar-refractivity contribution is 0.178. The van der Waals surface area contributed by atoms with Crippen LogP contribution in [0.2, 0.25) is 10.0 Å². The van der Waals surface area contributed by atoms with E-state index in [-0.39, 0.29) is 5.41 Å². The minimum atomic E-state index is 0.0355. The van der Waals surface area contributed by atoms with Crippen molar-refractivity contribution in [1.29, 1.82) is 0 Å². The Kier molecular flexibility index (Phi) is 5.38. The van der Waals surface area contributed by atoms with Crippen molar-refractivity contribution in [2.75, 3.05) is 25.5 Å². The second-order valence-electron chi connectivity index (χ2n) is 8.23. The van der Waals surface area contributed by atoms with Crippen LogP contribution in [0.25, 0.3) is 0 Å². The smallest absolute Gasteiger partial charge is 0.108 e. The third-order valence-corrected chi connectivity index (χ3v) is 6.66. The van der Waals surface area contributed by atoms with E-state index in [0.29, 0.717) is 16.6 Å². The number of likely N-dealkylation sites (tertiary alicyclic amines) is 1. The number of halogens is 2. The molecule has 1 N–H and O–H groups in total. The minimum Gasteiger partial charge on any atom is -0.343 e. The van der Waals surface area contributed by atoms with Gasteiger partial charge < -0.3 is 10.2 Å². The summed E-state index contributed by atoms with van der Waals surface area (Å²) >= 11 is 12.6. The SMILES string of the molecule is Cc1cc(CN=C2Nc3cc(Cl)c(Cl)cc3CC23CCN(C)CC3)cc(C)n1. The molecule has 1 spiro atoms. The molecule has 2 aliphatic heterocycles. The van der Waals surface area contributed by atoms with Crippen LogP contribution in [0.4, 0.5) is 5.69 Å². The Balaban J connectivity index is 1.70. The van der Waals surface area contributed by atoms with Crippen LogP contribution in [0.5, 0.6) is 0 Å². The van der Waals surface area contributed by atoms with E-state index in [4.69, 9.17) is 28.2 Å². The lowest BCUT2D eigenvalue weighted by Crippen LogP contribution is -2.49. The molecular formula is C22H26Cl2N4. The number of anilines is 1. The molecule has 0 atom stereocenters. The molecule has 4 rings (SSSR count). The van der Waals surface area contributed by atoms with Gasteiger partial charge >= 0.3 is 0 Å². The van der Waals surface area contributed by atoms with Crippen LogP contribution >= 0.6 is 23.2 Å². The summed E-state index contributed by atoms with van der Waals surface area (Å²) in [5.74, 6) is 1.08. The van der Waals surface area contributed by atoms with Gasteiger partial charge in [0.2, 0.25) is 0 Å². The van der Waals surface area contributed by atoms with Crippen LogP contribution in [0, 0.1) is 19.3 Å². The molecule has 1 aromatic heterocycles. The fourth-order valence-electron chi connectivity index (χ4n) is 4.41. The van der Waals surface area contributed by atoms with Crippen LogP contribution < -0.4 is 5.32 Å². The summed E-state index contributed by atoms with van der Waals surface area (Å²) in [6, 6.07) is 8.17. The Morgan fingerprint density at radius 1 is 1.07 bits per heavy atom. The Bertz CT molecular complexity index is 910. The van der Waals surface area contributed by atoms with Gasteiger partial charge in [-0.15, -0.1) is 0 Å². The van der Waals surface area contributed by atoms with Gasteiger partial charge in [0.1, 0.15) is 5.84 Å². The minimum absolute atomic E-state index is 0.0355. The van der Waals surface area contributed by atoms with Crippen LogP contribution in [0.3, 0.4) is 0 Å². The number of aryl methyl sites for hydroxylation is 2. The average Bonchev–Trinajstić information content (AvgIpc) is 2.63. The Labute approximate surface area is 177 Å². The number of hydrogen-bond acceptors (Lipinski definition) is 3. The number of nitrogens with one attached hydrogen (secondary N) is 1. The van der Waals surface area contributed by atoms with Gasteiger partial charge in [-0.3, -0.25) is 9.98 Å². The second kappa shape index (κ2) is 7.66. The number of nitrogens with zero attached hydrogens (tertiary/aromatic N) is 3. The fourth-order valence-corrected chi connectivity index (χ4v) is 4.76. The number of hydrogen-bond donors (Lipinski definition) is 1. The largest absolute Gasteiger partial charge is 0.343 e. The van der Waals surface area contributed by atoms with Crippen molar-refractivity contribution in [3.8, 4) is 0 Å². The molecule has 0 saturated carbocycles. The van der Waals surface area contributed by atoms with Crippen molar-refractivity contribution in [3.63, 3.8) is 0 Å². The van der Waals surface area contributed by atoms with Gasteiger partial charge in [-0.2, -0.15) is 0 Å². The zero-order valence-electron chi connectivity index (χ0n) is 16.6. The maximum absolute atomic E-state index is 6.30. The van der Waals surface area contributed by atoms with E-state index in [1.807, 2.05) is 26.0 Å². The highest BCUT2D eigenvalue weighted by atomic mass is 35.5. The third-order valence-electron chi connectivity index (χ3n) is 5.94. The van der Waals surface area contributed by atoms with E-state index in [1.165, 1.54) is 11.1 Å². The number of pyridine rings is 1. The number of piperidine rings is 1. The molecule has 0 bridgehead atoms. The first-order valence-corrected chi connectivity index (χ1v) is 10.5. The summed E-state index contributed by atoms with van der Waals surface area (Å²) in [6.07, 6.45) is 3.13. The molecule has 1 saturated heterocycles. The molecule has 0 aliphatic carbocycles. The number of benzene rings is 1. The van der Waals surface area contributed by atoms with Crippen LogP contribution in [-0.4, -0.2) is 35.9 Å². The predicted molar refractivity (Wildman–Crippen MR) is 118 cm³/mol. The summed E-state index contributed by atoms with van der Waals surface area (Å²) in [7, 11) is 2.19. The summed E-state index contributed by atoms with van der Waals surface area (Å²) in [6.45, 7) is 6.86. The van der Waals surface area contributed by atoms with Gasteiger partial charge in [0.05, 0.1) is 16.6 Å². The molecule has 4 nitrogen and oxygen atoms in total. The van der Waals surface area contributed by atoms with Crippen LogP contribution in [-0.2, 0) is 13.0 Å². The first-order chi connectivity index (χ1) is 13.3. The summed E-state index contributed by atoms with van der Waals surface area (Å²) in [5, 5.41) is 4.81. The third kappa shape index (κ3) is 3.91. The molecule has 6 heteroatoms. The molecule has 1 fully saturated rings. The van der Waals surface area contributed by atoms with Gasteiger partial charge in [-0.05, 0) is 88.6 Å². The van der Waals surface area contributed by atoms with E-state index >= 15 is 0 Å². The van der Waals surface area contributed by atoms with Crippen molar-refractivity contribution in [1.82, 2.24) is 9.88 Å². The highest BCUT2D eigenvalue weighted by molar-refractivity contribution is 6.42. The average molecular weight is 417 g/mol. The van der Waals surface area contributed by atoms with E-state index < -0.39 is 0 Å². The topological polar surface area (TPSA) is 40.5 Å². The van der Waals surface area contributed by atoms with Crippen LogP contribution in [0.1, 0.15) is 35.4 Å². The maximum atomic E-state index is 6.30. The zero-order valence-corrected chi connectivity index (χ0v) is 18.2. The number of amidine groups is 1. The van der Waals surface area contributed by atoms with E-state index in [9.17, 15) is 0 Å². The van der Waals surface area contributed by atoms with Crippen molar-refractivity contribution >= 4 is 34.7 Å². The highest BCUT2D eigenvalue weighted by Crippen LogP contribution is 2.44. The maximum Gasteiger partial charge on any atom is 0.108 e. The molecule has 0 radical (unpaired) electrons. The van der Waals surface area contributed by atoms with Crippen molar-refractivity contribution in [3.05, 3.63) is 56.8 Å². The fraction of sp³-hybridized carbons (Fsp3) is 0.455. The van der Waals surface area contributed by atoms with E-state index in [1.54, 1.807) is 0 Å². The predicted octanol–water partition coefficient (Wildman–Crippen LogP) is 5.28. The zero-order chi connectivity index (χ0) is 19.9. The van der Waals surface area contributed by atoms with Crippen molar-refractivity contribution < 1.29 is 0 Å². The highest BCUT2D eigenvalue weighted by Gasteiger charge is 2.42. The Morgan fingerprint density at radius 2 is 1.71 bits per heavy atom. The Hall–Kier alpha value is -1.62. The number of rotatable bonds is 2. The number of fused-ring (bicyclic) bond motifs is 1. The molecule has 0 unspecified atom stereocenters. The summed E-state index contributed by atoms with van der Waals surface area (Å²) < 4.78 is 0. The second-order valence-corrected chi connectivity index (χ2v) is 9.05. The van der Waals surface area contributed by atoms with Crippen LogP contribution in [0.15, 0.2) is 29.3 Å². The molecule has 0 amide bonds. The molecule has 2 aromatic rings. The summed E-state index contributed by atoms with van der Waals surface area (Å²) in [4.78, 5) is 11.9. The molecule has 2 aliphatic rings. The normalized spacial score (nSPS) is 20.2. The molecule has 3 heterocycles. The standard InChI is InChI=1S/C22H26Cl2N4/c1-14-8-16(9-15(2)26-14)13-25-21-22(4-6-28(3)7-5-22)12-17-10-18(23)19(24)11-20(17)27-21/h8-11H,4-7,12-13H2,1-3H3,(H,25,27). The first-order valence-electron chi connectivity index (χ1n) is 9.77. The quantitative estimate of drug-likeness (QED) is 0.723. The van der Waals surface area contributed by atoms with Gasteiger partial charge in [0.25, 0.3) is 0 Å². The van der Waals surface area contributed by atoms with Gasteiger partial charge in [0.15, 0.2) is 0 Å². The van der Waals surface area contributed by atoms with Crippen molar-refractivity contribution in [2.45, 2.75) is 39.7 Å². The van der Waals surface area contributed by atoms with Gasteiger partial charge in [0, 0.05) is 22.5 Å². The number of aromatic nitrogens is 1. The summed E-state index contributed by atoms with van der Waals surface area (Å²) in [5.41, 5.74) is 5.56.